The highest BCUT2D eigenvalue weighted by atomic mass is 32.1. The third-order valence-electron chi connectivity index (χ3n) is 5.50. The molecule has 11 nitrogen and oxygen atoms in total. The van der Waals surface area contributed by atoms with Gasteiger partial charge in [-0.15, -0.1) is 0 Å². The molecule has 0 rings (SSSR count). The van der Waals surface area contributed by atoms with E-state index >= 15 is 0 Å². The predicted octanol–water partition coefficient (Wildman–Crippen LogP) is 0.974. The van der Waals surface area contributed by atoms with Crippen LogP contribution in [0.2, 0.25) is 0 Å². The fraction of sp³-hybridized carbons (Fsp3) is 0.900. The van der Waals surface area contributed by atoms with Crippen LogP contribution in [0.5, 0.6) is 0 Å². The summed E-state index contributed by atoms with van der Waals surface area (Å²) in [6.45, 7) is 0.934. The Kier molecular flexibility index (Phi) is 18.5. The van der Waals surface area contributed by atoms with Gasteiger partial charge in [0.25, 0.3) is 0 Å². The highest BCUT2D eigenvalue weighted by Gasteiger charge is 2.47. The summed E-state index contributed by atoms with van der Waals surface area (Å²) in [6, 6.07) is 0. The molecule has 0 aromatic carbocycles. The van der Waals surface area contributed by atoms with Gasteiger partial charge in [-0.1, -0.05) is 0 Å². The Bertz CT molecular complexity index is 561. The van der Waals surface area contributed by atoms with Gasteiger partial charge in [-0.2, -0.15) is 9.18 Å². The van der Waals surface area contributed by atoms with E-state index in [4.69, 9.17) is 93.1 Å². The van der Waals surface area contributed by atoms with Crippen molar-refractivity contribution in [2.45, 2.75) is 38.0 Å². The number of rotatable bonds is 20. The molecule has 0 aromatic rings. The predicted molar refractivity (Wildman–Crippen MR) is 143 cm³/mol. The minimum absolute atomic E-state index is 0.144. The molecule has 1 radical (unpaired) electrons. The van der Waals surface area contributed by atoms with E-state index in [0.29, 0.717) is 25.9 Å². The summed E-state index contributed by atoms with van der Waals surface area (Å²) in [5.74, 6) is 0. The summed E-state index contributed by atoms with van der Waals surface area (Å²) in [7, 11) is 12.3. The molecule has 0 bridgehead atoms. The van der Waals surface area contributed by atoms with Crippen LogP contribution in [0.25, 0.3) is 0 Å². The topological polar surface area (TPSA) is 87.9 Å². The Morgan fingerprint density at radius 2 is 0.829 bits per heavy atom. The molecule has 0 heterocycles. The first kappa shape index (κ1) is 35.2. The zero-order valence-corrected chi connectivity index (χ0v) is 25.1. The normalized spacial score (nSPS) is 15.7. The van der Waals surface area contributed by atoms with Crippen molar-refractivity contribution in [1.82, 2.24) is 5.53 Å². The summed E-state index contributed by atoms with van der Waals surface area (Å²) in [4.78, 5) is 0. The van der Waals surface area contributed by atoms with Crippen LogP contribution >= 0.6 is 24.4 Å². The zero-order chi connectivity index (χ0) is 27.1. The number of hydrogen-bond donors (Lipinski definition) is 0. The van der Waals surface area contributed by atoms with Crippen LogP contribution in [-0.4, -0.2) is 126 Å². The van der Waals surface area contributed by atoms with E-state index in [2.05, 4.69) is 0 Å². The number of hydrogen-bond acceptors (Lipinski definition) is 12. The fourth-order valence-corrected chi connectivity index (χ4v) is 4.17. The van der Waals surface area contributed by atoms with Gasteiger partial charge in [-0.25, -0.2) is 0 Å². The van der Waals surface area contributed by atoms with Crippen LogP contribution in [0, 0.1) is 0 Å². The maximum atomic E-state index is 5.58. The average molecular weight is 579 g/mol. The molecule has 0 amide bonds. The summed E-state index contributed by atoms with van der Waals surface area (Å²) in [5, 5.41) is 0. The average Bonchev–Trinajstić information content (AvgIpc) is 2.85. The Hall–Kier alpha value is 0.180. The van der Waals surface area contributed by atoms with Gasteiger partial charge in [0, 0.05) is 56.9 Å². The van der Waals surface area contributed by atoms with Gasteiger partial charge in [0.1, 0.15) is 13.1 Å². The minimum Gasteiger partial charge on any atom is -0.368 e. The third kappa shape index (κ3) is 11.2. The third-order valence-corrected chi connectivity index (χ3v) is 6.86. The summed E-state index contributed by atoms with van der Waals surface area (Å²) >= 11 is 22.3. The first-order chi connectivity index (χ1) is 16.6. The molecule has 0 spiro atoms. The second-order valence-electron chi connectivity index (χ2n) is 7.46. The van der Waals surface area contributed by atoms with Crippen LogP contribution in [0.4, 0.5) is 0 Å². The standard InChI is InChI=1S/C20H42N3O8S4/c1-24-15(25-2)9-11-22(19(32)33,13-17(28-5)29-6)21-23(20(34)35,14-18(30-7)31-8)12-10-16(26-3)27-4/h15-18H,9-14H2,1-8H3,(H,32,33)(H,34,35)/q+2/p-2. The number of quaternary nitrogens is 2. The molecule has 0 aromatic heterocycles. The van der Waals surface area contributed by atoms with Crippen molar-refractivity contribution in [3.05, 3.63) is 0 Å². The quantitative estimate of drug-likeness (QED) is 0.0678. The number of nitrogens with zero attached hydrogens (tertiary/aromatic N) is 3. The van der Waals surface area contributed by atoms with Crippen molar-refractivity contribution < 1.29 is 47.1 Å². The maximum Gasteiger partial charge on any atom is 0.209 e. The van der Waals surface area contributed by atoms with Crippen molar-refractivity contribution in [2.75, 3.05) is 83.1 Å². The van der Waals surface area contributed by atoms with E-state index in [1.54, 1.807) is 28.4 Å². The van der Waals surface area contributed by atoms with E-state index in [9.17, 15) is 0 Å². The van der Waals surface area contributed by atoms with Crippen molar-refractivity contribution in [1.29, 1.82) is 0 Å². The van der Waals surface area contributed by atoms with E-state index in [1.165, 1.54) is 28.4 Å². The summed E-state index contributed by atoms with van der Waals surface area (Å²) < 4.78 is 43.2. The molecule has 0 saturated carbocycles. The van der Waals surface area contributed by atoms with Crippen LogP contribution in [0.3, 0.4) is 0 Å². The Balaban J connectivity index is 6.61. The molecule has 0 saturated heterocycles. The van der Waals surface area contributed by atoms with Gasteiger partial charge in [0.05, 0.1) is 21.5 Å². The van der Waals surface area contributed by atoms with E-state index in [-0.39, 0.29) is 30.9 Å². The summed E-state index contributed by atoms with van der Waals surface area (Å²) in [6.07, 6.45) is -1.54. The fourth-order valence-electron chi connectivity index (χ4n) is 3.36. The summed E-state index contributed by atoms with van der Waals surface area (Å²) in [5.41, 5.74) is 5.13. The van der Waals surface area contributed by atoms with Crippen molar-refractivity contribution in [2.24, 2.45) is 0 Å². The molecule has 15 heteroatoms. The van der Waals surface area contributed by atoms with Crippen LogP contribution < -0.4 is 5.53 Å². The van der Waals surface area contributed by atoms with Gasteiger partial charge < -0.3 is 87.6 Å². The lowest BCUT2D eigenvalue weighted by atomic mass is 10.3. The number of thiocarbonyl (C=S) groups is 2. The molecular weight excluding hydrogens is 539 g/mol. The Morgan fingerprint density at radius 1 is 0.571 bits per heavy atom. The SMILES string of the molecule is COC(CC[N+](CC(OC)OC)([N][N+](CCC(OC)OC)(CC(OC)OC)C(=S)[S-])C(=S)[S-])OC. The number of ether oxygens (including phenoxy) is 8. The van der Waals surface area contributed by atoms with Gasteiger partial charge in [-0.05, 0) is 0 Å². The van der Waals surface area contributed by atoms with Crippen LogP contribution in [0.15, 0.2) is 0 Å². The Labute approximate surface area is 231 Å². The largest absolute Gasteiger partial charge is 0.368 e. The van der Waals surface area contributed by atoms with Crippen molar-refractivity contribution >= 4 is 58.3 Å². The molecule has 35 heavy (non-hydrogen) atoms. The first-order valence-electron chi connectivity index (χ1n) is 10.7. The molecular formula is C20H40N3O8S4. The van der Waals surface area contributed by atoms with E-state index in [0.717, 1.165) is 0 Å². The number of methoxy groups -OCH3 is 8. The lowest BCUT2D eigenvalue weighted by Gasteiger charge is -2.46. The first-order valence-corrected chi connectivity index (χ1v) is 12.3. The van der Waals surface area contributed by atoms with Crippen molar-refractivity contribution in [3.63, 3.8) is 0 Å². The minimum atomic E-state index is -0.671. The molecule has 207 valence electrons. The molecule has 2 unspecified atom stereocenters. The lowest BCUT2D eigenvalue weighted by molar-refractivity contribution is -1.10. The lowest BCUT2D eigenvalue weighted by Crippen LogP contribution is -2.74. The molecule has 0 aliphatic rings. The van der Waals surface area contributed by atoms with Crippen LogP contribution in [-0.2, 0) is 63.2 Å². The highest BCUT2D eigenvalue weighted by molar-refractivity contribution is 8.00. The van der Waals surface area contributed by atoms with Crippen molar-refractivity contribution in [3.8, 4) is 0 Å². The highest BCUT2D eigenvalue weighted by Crippen LogP contribution is 2.22. The Morgan fingerprint density at radius 3 is 1.03 bits per heavy atom. The van der Waals surface area contributed by atoms with Gasteiger partial charge in [0.15, 0.2) is 31.2 Å². The second-order valence-corrected chi connectivity index (χ2v) is 9.52. The molecule has 0 aliphatic heterocycles. The van der Waals surface area contributed by atoms with Gasteiger partial charge >= 0.3 is 0 Å². The monoisotopic (exact) mass is 578 g/mol. The van der Waals surface area contributed by atoms with Crippen LogP contribution in [0.1, 0.15) is 12.8 Å². The van der Waals surface area contributed by atoms with Gasteiger partial charge in [-0.3, -0.25) is 0 Å². The molecule has 2 atom stereocenters. The maximum absolute atomic E-state index is 5.58. The van der Waals surface area contributed by atoms with E-state index in [1.807, 2.05) is 0 Å². The van der Waals surface area contributed by atoms with Gasteiger partial charge in [0.2, 0.25) is 12.6 Å². The molecule has 0 aliphatic carbocycles. The molecule has 0 fully saturated rings. The molecule has 0 N–H and O–H groups in total. The second kappa shape index (κ2) is 18.4. The smallest absolute Gasteiger partial charge is 0.209 e. The van der Waals surface area contributed by atoms with E-state index < -0.39 is 25.2 Å². The zero-order valence-electron chi connectivity index (χ0n) is 21.8.